The van der Waals surface area contributed by atoms with Gasteiger partial charge in [-0.3, -0.25) is 4.98 Å². The number of rotatable bonds is 0. The van der Waals surface area contributed by atoms with Crippen LogP contribution in [0.25, 0.3) is 11.0 Å². The lowest BCUT2D eigenvalue weighted by molar-refractivity contribution is 0.629. The molecular weight excluding hydrogens is 179 g/mol. The molecule has 0 aliphatic rings. The topological polar surface area (TPSA) is 25.8 Å². The van der Waals surface area contributed by atoms with Crippen molar-refractivity contribution in [3.63, 3.8) is 0 Å². The van der Waals surface area contributed by atoms with Crippen molar-refractivity contribution >= 4 is 22.6 Å². The number of benzene rings is 1. The summed E-state index contributed by atoms with van der Waals surface area (Å²) >= 11 is 5.53. The molecule has 0 saturated carbocycles. The van der Waals surface area contributed by atoms with E-state index in [1.165, 1.54) is 18.3 Å². The molecule has 0 saturated heterocycles. The minimum atomic E-state index is -0.488. The van der Waals surface area contributed by atoms with Gasteiger partial charge < -0.3 is 0 Å². The average molecular weight is 182 g/mol. The highest BCUT2D eigenvalue weighted by Crippen LogP contribution is 2.19. The smallest absolute Gasteiger partial charge is 0.144 e. The second-order valence-corrected chi connectivity index (χ2v) is 2.66. The molecule has 1 aromatic carbocycles. The molecular formula is C8H3ClFN2. The molecule has 0 unspecified atom stereocenters. The van der Waals surface area contributed by atoms with Gasteiger partial charge in [0.25, 0.3) is 0 Å². The van der Waals surface area contributed by atoms with Gasteiger partial charge in [-0.2, -0.15) is 0 Å². The number of aromatic nitrogens is 2. The molecule has 0 amide bonds. The molecule has 0 atom stereocenters. The van der Waals surface area contributed by atoms with Crippen molar-refractivity contribution in [3.8, 4) is 0 Å². The van der Waals surface area contributed by atoms with Crippen molar-refractivity contribution in [1.82, 2.24) is 9.97 Å². The molecule has 0 aliphatic heterocycles. The SMILES string of the molecule is Fc1cc2n[c]cnc2cc1Cl. The largest absolute Gasteiger partial charge is 0.252 e. The van der Waals surface area contributed by atoms with Crippen LogP contribution >= 0.6 is 11.6 Å². The first kappa shape index (κ1) is 7.43. The Labute approximate surface area is 73.0 Å². The second-order valence-electron chi connectivity index (χ2n) is 2.25. The van der Waals surface area contributed by atoms with Gasteiger partial charge in [0.1, 0.15) is 12.0 Å². The Bertz CT molecular complexity index is 390. The van der Waals surface area contributed by atoms with Crippen LogP contribution < -0.4 is 0 Å². The average Bonchev–Trinajstić information content (AvgIpc) is 2.07. The van der Waals surface area contributed by atoms with Crippen LogP contribution in [0.2, 0.25) is 5.02 Å². The zero-order valence-corrected chi connectivity index (χ0v) is 6.64. The zero-order chi connectivity index (χ0) is 8.55. The molecule has 12 heavy (non-hydrogen) atoms. The Morgan fingerprint density at radius 2 is 2.17 bits per heavy atom. The molecule has 2 rings (SSSR count). The van der Waals surface area contributed by atoms with E-state index in [-0.39, 0.29) is 5.02 Å². The third kappa shape index (κ3) is 1.12. The minimum Gasteiger partial charge on any atom is -0.252 e. The maximum Gasteiger partial charge on any atom is 0.144 e. The fraction of sp³-hybridized carbons (Fsp3) is 0. The van der Waals surface area contributed by atoms with E-state index in [4.69, 9.17) is 11.6 Å². The Morgan fingerprint density at radius 1 is 1.33 bits per heavy atom. The third-order valence-corrected chi connectivity index (χ3v) is 1.75. The van der Waals surface area contributed by atoms with Gasteiger partial charge in [-0.25, -0.2) is 9.37 Å². The normalized spacial score (nSPS) is 10.5. The Balaban J connectivity index is 2.84. The lowest BCUT2D eigenvalue weighted by atomic mass is 10.3. The fourth-order valence-corrected chi connectivity index (χ4v) is 1.07. The number of halogens is 2. The van der Waals surface area contributed by atoms with E-state index in [2.05, 4.69) is 16.2 Å². The molecule has 1 radical (unpaired) electrons. The van der Waals surface area contributed by atoms with Crippen LogP contribution in [0.3, 0.4) is 0 Å². The highest BCUT2D eigenvalue weighted by Gasteiger charge is 2.02. The first-order valence-corrected chi connectivity index (χ1v) is 3.63. The van der Waals surface area contributed by atoms with Crippen LogP contribution in [0.4, 0.5) is 4.39 Å². The molecule has 1 aromatic heterocycles. The van der Waals surface area contributed by atoms with Gasteiger partial charge >= 0.3 is 0 Å². The van der Waals surface area contributed by atoms with E-state index in [0.29, 0.717) is 11.0 Å². The van der Waals surface area contributed by atoms with Crippen molar-refractivity contribution in [2.75, 3.05) is 0 Å². The lowest BCUT2D eigenvalue weighted by Gasteiger charge is -1.96. The summed E-state index contributed by atoms with van der Waals surface area (Å²) in [7, 11) is 0. The highest BCUT2D eigenvalue weighted by molar-refractivity contribution is 6.31. The molecule has 0 fully saturated rings. The van der Waals surface area contributed by atoms with E-state index < -0.39 is 5.82 Å². The standard InChI is InChI=1S/C8H3ClFN2/c9-5-3-7-8(4-6(5)10)12-2-1-11-7/h1,3-4H. The van der Waals surface area contributed by atoms with Gasteiger partial charge in [0.15, 0.2) is 0 Å². The molecule has 2 nitrogen and oxygen atoms in total. The van der Waals surface area contributed by atoms with Gasteiger partial charge in [-0.1, -0.05) is 11.6 Å². The highest BCUT2D eigenvalue weighted by atomic mass is 35.5. The lowest BCUT2D eigenvalue weighted by Crippen LogP contribution is -1.84. The molecule has 0 spiro atoms. The summed E-state index contributed by atoms with van der Waals surface area (Å²) in [6.07, 6.45) is 3.92. The zero-order valence-electron chi connectivity index (χ0n) is 5.88. The van der Waals surface area contributed by atoms with E-state index >= 15 is 0 Å². The summed E-state index contributed by atoms with van der Waals surface area (Å²) in [6, 6.07) is 2.67. The second kappa shape index (κ2) is 2.68. The first-order valence-electron chi connectivity index (χ1n) is 3.25. The summed E-state index contributed by atoms with van der Waals surface area (Å²) in [5.74, 6) is -0.488. The van der Waals surface area contributed by atoms with Gasteiger partial charge in [-0.15, -0.1) is 0 Å². The van der Waals surface area contributed by atoms with E-state index in [0.717, 1.165) is 0 Å². The van der Waals surface area contributed by atoms with Crippen LogP contribution in [-0.4, -0.2) is 9.97 Å². The van der Waals surface area contributed by atoms with Crippen molar-refractivity contribution in [2.45, 2.75) is 0 Å². The van der Waals surface area contributed by atoms with Crippen LogP contribution in [0.15, 0.2) is 18.3 Å². The molecule has 0 bridgehead atoms. The van der Waals surface area contributed by atoms with Crippen LogP contribution in [0.1, 0.15) is 0 Å². The maximum atomic E-state index is 12.8. The Hall–Kier alpha value is -1.22. The molecule has 0 N–H and O–H groups in total. The van der Waals surface area contributed by atoms with E-state index in [1.807, 2.05) is 0 Å². The van der Waals surface area contributed by atoms with Gasteiger partial charge in [-0.05, 0) is 6.07 Å². The number of nitrogens with zero attached hydrogens (tertiary/aromatic N) is 2. The Kier molecular flexibility index (Phi) is 1.66. The maximum absolute atomic E-state index is 12.8. The van der Waals surface area contributed by atoms with Crippen molar-refractivity contribution in [3.05, 3.63) is 35.4 Å². The Morgan fingerprint density at radius 3 is 3.00 bits per heavy atom. The molecule has 0 aliphatic carbocycles. The van der Waals surface area contributed by atoms with Gasteiger partial charge in [0.05, 0.1) is 22.3 Å². The fourth-order valence-electron chi connectivity index (χ4n) is 0.916. The molecule has 4 heteroatoms. The van der Waals surface area contributed by atoms with Crippen LogP contribution in [0.5, 0.6) is 0 Å². The molecule has 1 heterocycles. The number of hydrogen-bond acceptors (Lipinski definition) is 2. The summed E-state index contributed by atoms with van der Waals surface area (Å²) in [6.45, 7) is 0. The monoisotopic (exact) mass is 181 g/mol. The summed E-state index contributed by atoms with van der Waals surface area (Å²) in [5.41, 5.74) is 1.03. The van der Waals surface area contributed by atoms with Crippen molar-refractivity contribution < 1.29 is 4.39 Å². The molecule has 59 valence electrons. The minimum absolute atomic E-state index is 0.0583. The summed E-state index contributed by atoms with van der Waals surface area (Å²) in [5, 5.41) is 0.0583. The van der Waals surface area contributed by atoms with Crippen LogP contribution in [-0.2, 0) is 0 Å². The predicted octanol–water partition coefficient (Wildman–Crippen LogP) is 2.22. The predicted molar refractivity (Wildman–Crippen MR) is 43.3 cm³/mol. The molecule has 2 aromatic rings. The number of hydrogen-bond donors (Lipinski definition) is 0. The summed E-state index contributed by atoms with van der Waals surface area (Å²) in [4.78, 5) is 7.71. The van der Waals surface area contributed by atoms with E-state index in [9.17, 15) is 4.39 Å². The van der Waals surface area contributed by atoms with Gasteiger partial charge in [0, 0.05) is 6.07 Å². The number of fused-ring (bicyclic) bond motifs is 1. The summed E-state index contributed by atoms with van der Waals surface area (Å²) < 4.78 is 12.8. The van der Waals surface area contributed by atoms with Crippen molar-refractivity contribution in [2.24, 2.45) is 0 Å². The van der Waals surface area contributed by atoms with Crippen LogP contribution in [0, 0.1) is 12.0 Å². The van der Waals surface area contributed by atoms with E-state index in [1.54, 1.807) is 0 Å². The van der Waals surface area contributed by atoms with Crippen molar-refractivity contribution in [1.29, 1.82) is 0 Å². The first-order chi connectivity index (χ1) is 5.77. The quantitative estimate of drug-likeness (QED) is 0.623. The van der Waals surface area contributed by atoms with Gasteiger partial charge in [0.2, 0.25) is 0 Å². The third-order valence-electron chi connectivity index (χ3n) is 1.46.